The summed E-state index contributed by atoms with van der Waals surface area (Å²) in [4.78, 5) is 9.91. The van der Waals surface area contributed by atoms with Gasteiger partial charge in [-0.25, -0.2) is 9.97 Å². The Morgan fingerprint density at radius 2 is 1.19 bits per heavy atom. The molecule has 2 aromatic heterocycles. The van der Waals surface area contributed by atoms with E-state index in [0.717, 1.165) is 61.0 Å². The summed E-state index contributed by atoms with van der Waals surface area (Å²) >= 11 is 3.62. The molecule has 1 N–H and O–H groups in total. The Morgan fingerprint density at radius 3 is 1.73 bits per heavy atom. The molecule has 0 atom stereocenters. The third kappa shape index (κ3) is 7.73. The molecule has 0 spiro atoms. The summed E-state index contributed by atoms with van der Waals surface area (Å²) in [6.07, 6.45) is 5.54. The molecule has 245 valence electrons. The molecule has 0 fully saturated rings. The molecule has 0 saturated heterocycles. The Hall–Kier alpha value is -3.84. The van der Waals surface area contributed by atoms with Crippen molar-refractivity contribution in [3.8, 4) is 22.5 Å². The largest absolute Gasteiger partial charge is 0.485 e. The van der Waals surface area contributed by atoms with E-state index in [4.69, 9.17) is 15.0 Å². The molecule has 0 saturated carbocycles. The zero-order valence-corrected chi connectivity index (χ0v) is 29.9. The number of fused-ring (bicyclic) bond motifs is 8. The number of halogens is 1. The Balaban J connectivity index is 0.000000159. The van der Waals surface area contributed by atoms with Gasteiger partial charge in [-0.05, 0) is 102 Å². The lowest BCUT2D eigenvalue weighted by Gasteiger charge is -2.20. The minimum Gasteiger partial charge on any atom is -0.429 e. The van der Waals surface area contributed by atoms with Crippen LogP contribution in [-0.4, -0.2) is 29.3 Å². The fraction of sp³-hybridized carbons (Fsp3) is 0.286. The van der Waals surface area contributed by atoms with Crippen LogP contribution in [0.25, 0.3) is 44.3 Å². The molecule has 4 aromatic carbocycles. The van der Waals surface area contributed by atoms with Crippen LogP contribution in [0.5, 0.6) is 0 Å². The van der Waals surface area contributed by atoms with Crippen LogP contribution in [0.15, 0.2) is 102 Å². The summed E-state index contributed by atoms with van der Waals surface area (Å²) < 4.78 is 5.65. The van der Waals surface area contributed by atoms with E-state index >= 15 is 0 Å². The molecule has 2 aliphatic rings. The first-order valence-electron chi connectivity index (χ1n) is 17.1. The molecule has 1 radical (unpaired) electrons. The fourth-order valence-corrected chi connectivity index (χ4v) is 7.15. The van der Waals surface area contributed by atoms with E-state index in [2.05, 4.69) is 125 Å². The number of aromatic nitrogens is 2. The van der Waals surface area contributed by atoms with Crippen molar-refractivity contribution in [1.29, 1.82) is 0 Å². The molecule has 8 rings (SSSR count). The third-order valence-electron chi connectivity index (χ3n) is 8.92. The van der Waals surface area contributed by atoms with Crippen molar-refractivity contribution in [3.05, 3.63) is 129 Å². The lowest BCUT2D eigenvalue weighted by molar-refractivity contribution is 0.246. The Labute approximate surface area is 295 Å². The second-order valence-corrected chi connectivity index (χ2v) is 14.4. The van der Waals surface area contributed by atoms with Crippen molar-refractivity contribution < 1.29 is 11.1 Å². The van der Waals surface area contributed by atoms with E-state index < -0.39 is 0 Å². The number of aryl methyl sites for hydroxylation is 4. The molecule has 2 aliphatic carbocycles. The molecule has 4 nitrogen and oxygen atoms in total. The maximum atomic E-state index is 7.97. The van der Waals surface area contributed by atoms with Gasteiger partial charge in [0.1, 0.15) is 0 Å². The number of benzene rings is 4. The van der Waals surface area contributed by atoms with Crippen LogP contribution in [-0.2, 0) is 36.8 Å². The summed E-state index contributed by atoms with van der Waals surface area (Å²) in [5.41, 5.74) is 14.2. The predicted octanol–water partition coefficient (Wildman–Crippen LogP) is 10.4. The average Bonchev–Trinajstić information content (AvgIpc) is 3.10. The van der Waals surface area contributed by atoms with Gasteiger partial charge >= 0.3 is 7.69 Å². The van der Waals surface area contributed by atoms with Gasteiger partial charge in [0, 0.05) is 34.4 Å². The normalized spacial score (nSPS) is 12.7. The summed E-state index contributed by atoms with van der Waals surface area (Å²) in [5.74, 6) is 1.16. The van der Waals surface area contributed by atoms with Gasteiger partial charge in [0.2, 0.25) is 0 Å². The monoisotopic (exact) mass is 700 g/mol. The first-order valence-corrected chi connectivity index (χ1v) is 17.9. The van der Waals surface area contributed by atoms with Crippen LogP contribution in [0.4, 0.5) is 0 Å². The zero-order valence-electron chi connectivity index (χ0n) is 28.3. The van der Waals surface area contributed by atoms with Crippen molar-refractivity contribution in [2.24, 2.45) is 11.8 Å². The van der Waals surface area contributed by atoms with E-state index in [1.807, 2.05) is 19.9 Å². The van der Waals surface area contributed by atoms with Gasteiger partial charge in [-0.1, -0.05) is 110 Å². The van der Waals surface area contributed by atoms with Crippen molar-refractivity contribution in [2.75, 3.05) is 6.61 Å². The summed E-state index contributed by atoms with van der Waals surface area (Å²) in [6, 6.07) is 34.7. The highest BCUT2D eigenvalue weighted by molar-refractivity contribution is 9.10. The molecule has 6 aromatic rings. The molecule has 6 heteroatoms. The molecular weight excluding hydrogens is 655 g/mol. The van der Waals surface area contributed by atoms with Gasteiger partial charge in [0.05, 0.1) is 22.4 Å². The highest BCUT2D eigenvalue weighted by atomic mass is 79.9. The molecule has 0 unspecified atom stereocenters. The minimum atomic E-state index is 0. The van der Waals surface area contributed by atoms with Gasteiger partial charge in [-0.15, -0.1) is 0 Å². The number of hydrogen-bond acceptors (Lipinski definition) is 4. The lowest BCUT2D eigenvalue weighted by Crippen LogP contribution is -2.06. The van der Waals surface area contributed by atoms with Crippen molar-refractivity contribution in [2.45, 2.75) is 59.8 Å². The molecule has 48 heavy (non-hydrogen) atoms. The Bertz CT molecular complexity index is 2050. The summed E-state index contributed by atoms with van der Waals surface area (Å²) in [6.45, 7) is 9.19. The Kier molecular flexibility index (Phi) is 11.1. The van der Waals surface area contributed by atoms with Gasteiger partial charge in [0.25, 0.3) is 0 Å². The fourth-order valence-electron chi connectivity index (χ4n) is 6.68. The van der Waals surface area contributed by atoms with E-state index in [0.29, 0.717) is 18.4 Å². The second kappa shape index (κ2) is 15.6. The lowest BCUT2D eigenvalue weighted by atomic mass is 9.87. The summed E-state index contributed by atoms with van der Waals surface area (Å²) in [5, 5.41) is 10.5. The average molecular weight is 702 g/mol. The van der Waals surface area contributed by atoms with Gasteiger partial charge < -0.3 is 9.68 Å². The highest BCUT2D eigenvalue weighted by Gasteiger charge is 2.19. The van der Waals surface area contributed by atoms with Crippen LogP contribution in [0.1, 0.15) is 56.9 Å². The van der Waals surface area contributed by atoms with Crippen molar-refractivity contribution in [1.82, 2.24) is 9.97 Å². The highest BCUT2D eigenvalue weighted by Crippen LogP contribution is 2.36. The number of nitrogens with zero attached hydrogens (tertiary/aromatic N) is 2. The molecule has 0 aliphatic heterocycles. The number of pyridine rings is 2. The first kappa shape index (κ1) is 34.0. The maximum absolute atomic E-state index is 7.97. The Morgan fingerprint density at radius 1 is 0.667 bits per heavy atom. The van der Waals surface area contributed by atoms with Crippen LogP contribution in [0.3, 0.4) is 0 Å². The van der Waals surface area contributed by atoms with Crippen LogP contribution >= 0.6 is 15.9 Å². The van der Waals surface area contributed by atoms with Crippen LogP contribution in [0, 0.1) is 11.8 Å². The van der Waals surface area contributed by atoms with Gasteiger partial charge in [-0.2, -0.15) is 0 Å². The minimum absolute atomic E-state index is 0. The number of rotatable bonds is 5. The maximum Gasteiger partial charge on any atom is 0.485 e. The smallest absolute Gasteiger partial charge is 0.429 e. The first-order chi connectivity index (χ1) is 23.3. The molecule has 2 heterocycles. The van der Waals surface area contributed by atoms with Gasteiger partial charge in [0.15, 0.2) is 0 Å². The zero-order chi connectivity index (χ0) is 33.6. The molecule has 0 bridgehead atoms. The van der Waals surface area contributed by atoms with E-state index in [1.165, 1.54) is 55.4 Å². The SMILES string of the molecule is Brc1cccc2nc3c(cc12)CCc1ccccc1-3.CC(C)CO[B]O.CC(C)Cc1cccc2nc3c(cc12)CCc1ccccc1-3.[2HH]. The van der Waals surface area contributed by atoms with E-state index in [1.54, 1.807) is 0 Å². The second-order valence-electron chi connectivity index (χ2n) is 13.5. The van der Waals surface area contributed by atoms with Crippen LogP contribution < -0.4 is 0 Å². The van der Waals surface area contributed by atoms with Crippen molar-refractivity contribution in [3.63, 3.8) is 0 Å². The van der Waals surface area contributed by atoms with E-state index in [9.17, 15) is 0 Å². The summed E-state index contributed by atoms with van der Waals surface area (Å²) in [7, 11) is 0.722. The molecule has 0 amide bonds. The third-order valence-corrected chi connectivity index (χ3v) is 9.61. The van der Waals surface area contributed by atoms with Gasteiger partial charge in [-0.3, -0.25) is 0 Å². The topological polar surface area (TPSA) is 55.2 Å². The predicted molar refractivity (Wildman–Crippen MR) is 206 cm³/mol. The van der Waals surface area contributed by atoms with Crippen molar-refractivity contribution >= 4 is 45.4 Å². The standard InChI is InChI=1S/C21H21N.C17H12BrN.C4H10BO2.H2/c1-14(2)12-16-7-5-9-20-19(16)13-17-11-10-15-6-3-4-8-18(15)21(17)22-20;18-15-6-3-7-16-14(15)10-12-9-8-11-4-1-2-5-13(11)17(12)19-16;1-4(2)3-7-5-6;/h3-9,13-14H,10-12H2,1-2H3;1-7,10H,8-9H2;4,6H,3H2,1-2H3;1H/i;;;1+1. The number of hydrogen-bond donors (Lipinski definition) is 1. The van der Waals surface area contributed by atoms with Crippen LogP contribution in [0.2, 0.25) is 0 Å². The van der Waals surface area contributed by atoms with E-state index in [-0.39, 0.29) is 1.43 Å². The molecular formula is C42H45BBrN2O2. The quantitative estimate of drug-likeness (QED) is 0.182.